The van der Waals surface area contributed by atoms with E-state index in [1.54, 1.807) is 6.07 Å². The molecular formula is C16H13BrFNO3. The van der Waals surface area contributed by atoms with Gasteiger partial charge in [0.25, 0.3) is 0 Å². The largest absolute Gasteiger partial charge is 0.496 e. The zero-order valence-corrected chi connectivity index (χ0v) is 13.3. The van der Waals surface area contributed by atoms with Gasteiger partial charge in [-0.25, -0.2) is 4.39 Å². The summed E-state index contributed by atoms with van der Waals surface area (Å²) in [5.41, 5.74) is 5.87. The molecule has 0 saturated carbocycles. The Hall–Kier alpha value is -2.21. The first-order chi connectivity index (χ1) is 10.4. The molecule has 0 radical (unpaired) electrons. The molecule has 0 aliphatic heterocycles. The number of hydrogen-bond acceptors (Lipinski definition) is 3. The molecule has 0 bridgehead atoms. The van der Waals surface area contributed by atoms with Crippen molar-refractivity contribution in [1.82, 2.24) is 0 Å². The fraction of sp³-hybridized carbons (Fsp3) is 0.125. The second kappa shape index (κ2) is 6.70. The first kappa shape index (κ1) is 16.2. The van der Waals surface area contributed by atoms with Gasteiger partial charge in [0, 0.05) is 16.5 Å². The van der Waals surface area contributed by atoms with Crippen LogP contribution in [0.4, 0.5) is 4.39 Å². The summed E-state index contributed by atoms with van der Waals surface area (Å²) in [6.07, 6.45) is -0.141. The molecule has 2 rings (SSSR count). The maximum Gasteiger partial charge on any atom is 0.248 e. The SMILES string of the molecule is COc1ccc(C(N)=O)cc1C(=O)Cc1ccc(Br)cc1F. The number of methoxy groups -OCH3 is 1. The number of benzene rings is 2. The fourth-order valence-corrected chi connectivity index (χ4v) is 2.35. The zero-order chi connectivity index (χ0) is 16.3. The number of ketones is 1. The molecule has 22 heavy (non-hydrogen) atoms. The van der Waals surface area contributed by atoms with Crippen LogP contribution in [-0.4, -0.2) is 18.8 Å². The number of ether oxygens (including phenoxy) is 1. The molecule has 2 aromatic rings. The lowest BCUT2D eigenvalue weighted by Crippen LogP contribution is -2.13. The van der Waals surface area contributed by atoms with E-state index >= 15 is 0 Å². The molecule has 2 N–H and O–H groups in total. The lowest BCUT2D eigenvalue weighted by molar-refractivity contribution is 0.0989. The molecule has 0 atom stereocenters. The van der Waals surface area contributed by atoms with Crippen molar-refractivity contribution < 1.29 is 18.7 Å². The summed E-state index contributed by atoms with van der Waals surface area (Å²) in [4.78, 5) is 23.6. The number of Topliss-reactive ketones (excluding diaryl/α,β-unsaturated/α-hetero) is 1. The van der Waals surface area contributed by atoms with Gasteiger partial charge in [-0.05, 0) is 35.9 Å². The Morgan fingerprint density at radius 3 is 2.55 bits per heavy atom. The monoisotopic (exact) mass is 365 g/mol. The lowest BCUT2D eigenvalue weighted by Gasteiger charge is -2.09. The molecule has 0 spiro atoms. The molecule has 0 aromatic heterocycles. The van der Waals surface area contributed by atoms with Gasteiger partial charge in [-0.15, -0.1) is 0 Å². The molecule has 114 valence electrons. The highest BCUT2D eigenvalue weighted by molar-refractivity contribution is 9.10. The van der Waals surface area contributed by atoms with Gasteiger partial charge in [-0.3, -0.25) is 9.59 Å². The van der Waals surface area contributed by atoms with Crippen LogP contribution in [-0.2, 0) is 6.42 Å². The number of halogens is 2. The highest BCUT2D eigenvalue weighted by atomic mass is 79.9. The highest BCUT2D eigenvalue weighted by Gasteiger charge is 2.17. The Morgan fingerprint density at radius 2 is 1.95 bits per heavy atom. The number of rotatable bonds is 5. The summed E-state index contributed by atoms with van der Waals surface area (Å²) < 4.78 is 19.5. The quantitative estimate of drug-likeness (QED) is 0.827. The van der Waals surface area contributed by atoms with E-state index in [2.05, 4.69) is 15.9 Å². The van der Waals surface area contributed by atoms with Crippen LogP contribution in [0.25, 0.3) is 0 Å². The van der Waals surface area contributed by atoms with Gasteiger partial charge >= 0.3 is 0 Å². The number of carbonyl (C=O) groups is 2. The minimum atomic E-state index is -0.647. The van der Waals surface area contributed by atoms with Crippen molar-refractivity contribution >= 4 is 27.6 Å². The molecule has 0 saturated heterocycles. The van der Waals surface area contributed by atoms with E-state index in [4.69, 9.17) is 10.5 Å². The second-order valence-electron chi connectivity index (χ2n) is 4.61. The van der Waals surface area contributed by atoms with Gasteiger partial charge in [0.15, 0.2) is 5.78 Å². The van der Waals surface area contributed by atoms with E-state index in [9.17, 15) is 14.0 Å². The predicted molar refractivity (Wildman–Crippen MR) is 83.6 cm³/mol. The van der Waals surface area contributed by atoms with Crippen molar-refractivity contribution in [2.75, 3.05) is 7.11 Å². The third kappa shape index (κ3) is 3.51. The third-order valence-corrected chi connectivity index (χ3v) is 3.64. The Balaban J connectivity index is 2.35. The van der Waals surface area contributed by atoms with E-state index < -0.39 is 11.7 Å². The van der Waals surface area contributed by atoms with Crippen molar-refractivity contribution in [2.24, 2.45) is 5.73 Å². The molecule has 0 fully saturated rings. The zero-order valence-electron chi connectivity index (χ0n) is 11.7. The van der Waals surface area contributed by atoms with Crippen LogP contribution in [0.3, 0.4) is 0 Å². The van der Waals surface area contributed by atoms with Crippen molar-refractivity contribution in [3.63, 3.8) is 0 Å². The first-order valence-corrected chi connectivity index (χ1v) is 7.16. The standard InChI is InChI=1S/C16H13BrFNO3/c1-22-15-5-3-10(16(19)21)6-12(15)14(20)7-9-2-4-11(17)8-13(9)18/h2-6,8H,7H2,1H3,(H2,19,21). The summed E-state index contributed by atoms with van der Waals surface area (Å²) in [5.74, 6) is -1.17. The van der Waals surface area contributed by atoms with Crippen LogP contribution in [0.15, 0.2) is 40.9 Å². The molecule has 6 heteroatoms. The van der Waals surface area contributed by atoms with Gasteiger partial charge in [-0.1, -0.05) is 22.0 Å². The number of carbonyl (C=O) groups excluding carboxylic acids is 2. The van der Waals surface area contributed by atoms with Crippen LogP contribution >= 0.6 is 15.9 Å². The summed E-state index contributed by atoms with van der Waals surface area (Å²) in [7, 11) is 1.41. The summed E-state index contributed by atoms with van der Waals surface area (Å²) in [5, 5.41) is 0. The molecule has 2 aromatic carbocycles. The van der Waals surface area contributed by atoms with Crippen LogP contribution in [0.5, 0.6) is 5.75 Å². The van der Waals surface area contributed by atoms with Crippen molar-refractivity contribution in [2.45, 2.75) is 6.42 Å². The number of nitrogens with two attached hydrogens (primary N) is 1. The van der Waals surface area contributed by atoms with E-state index in [1.807, 2.05) is 0 Å². The van der Waals surface area contributed by atoms with E-state index in [1.165, 1.54) is 37.4 Å². The average molecular weight is 366 g/mol. The molecule has 0 heterocycles. The van der Waals surface area contributed by atoms with Crippen molar-refractivity contribution in [3.8, 4) is 5.75 Å². The number of primary amides is 1. The van der Waals surface area contributed by atoms with Crippen molar-refractivity contribution in [1.29, 1.82) is 0 Å². The molecule has 0 aliphatic carbocycles. The lowest BCUT2D eigenvalue weighted by atomic mass is 9.99. The van der Waals surface area contributed by atoms with Crippen LogP contribution < -0.4 is 10.5 Å². The Labute approximate surface area is 135 Å². The molecule has 0 aliphatic rings. The van der Waals surface area contributed by atoms with E-state index in [-0.39, 0.29) is 28.9 Å². The minimum Gasteiger partial charge on any atom is -0.496 e. The van der Waals surface area contributed by atoms with Gasteiger partial charge in [0.05, 0.1) is 12.7 Å². The normalized spacial score (nSPS) is 10.3. The maximum absolute atomic E-state index is 13.8. The third-order valence-electron chi connectivity index (χ3n) is 3.15. The second-order valence-corrected chi connectivity index (χ2v) is 5.53. The number of amides is 1. The van der Waals surface area contributed by atoms with Gasteiger partial charge in [0.1, 0.15) is 11.6 Å². The van der Waals surface area contributed by atoms with Crippen LogP contribution in [0, 0.1) is 5.82 Å². The summed E-state index contributed by atoms with van der Waals surface area (Å²) in [6.45, 7) is 0. The van der Waals surface area contributed by atoms with Crippen LogP contribution in [0.2, 0.25) is 0 Å². The van der Waals surface area contributed by atoms with Gasteiger partial charge < -0.3 is 10.5 Å². The minimum absolute atomic E-state index is 0.141. The Bertz CT molecular complexity index is 746. The first-order valence-electron chi connectivity index (χ1n) is 6.37. The smallest absolute Gasteiger partial charge is 0.248 e. The highest BCUT2D eigenvalue weighted by Crippen LogP contribution is 2.23. The molecule has 1 amide bonds. The summed E-state index contributed by atoms with van der Waals surface area (Å²) in [6, 6.07) is 8.80. The maximum atomic E-state index is 13.8. The molecular weight excluding hydrogens is 353 g/mol. The van der Waals surface area contributed by atoms with E-state index in [0.29, 0.717) is 10.2 Å². The van der Waals surface area contributed by atoms with Crippen molar-refractivity contribution in [3.05, 3.63) is 63.4 Å². The van der Waals surface area contributed by atoms with Gasteiger partial charge in [-0.2, -0.15) is 0 Å². The Morgan fingerprint density at radius 1 is 1.23 bits per heavy atom. The molecule has 0 unspecified atom stereocenters. The topological polar surface area (TPSA) is 69.4 Å². The Kier molecular flexibility index (Phi) is 4.92. The summed E-state index contributed by atoms with van der Waals surface area (Å²) >= 11 is 3.16. The molecule has 4 nitrogen and oxygen atoms in total. The fourth-order valence-electron chi connectivity index (χ4n) is 2.01. The van der Waals surface area contributed by atoms with Crippen LogP contribution in [0.1, 0.15) is 26.3 Å². The average Bonchev–Trinajstić information content (AvgIpc) is 2.49. The predicted octanol–water partition coefficient (Wildman–Crippen LogP) is 3.12. The number of hydrogen-bond donors (Lipinski definition) is 1. The van der Waals surface area contributed by atoms with E-state index in [0.717, 1.165) is 0 Å². The van der Waals surface area contributed by atoms with Gasteiger partial charge in [0.2, 0.25) is 5.91 Å².